The third-order valence-corrected chi connectivity index (χ3v) is 6.76. The van der Waals surface area contributed by atoms with Crippen LogP contribution in [0.4, 0.5) is 32.0 Å². The van der Waals surface area contributed by atoms with Crippen molar-refractivity contribution in [1.82, 2.24) is 10.3 Å². The van der Waals surface area contributed by atoms with Crippen LogP contribution in [-0.4, -0.2) is 62.6 Å². The Hall–Kier alpha value is -4.27. The number of nitrogens with zero attached hydrogens (tertiary/aromatic N) is 2. The Labute approximate surface area is 254 Å². The van der Waals surface area contributed by atoms with E-state index in [1.807, 2.05) is 6.92 Å². The van der Waals surface area contributed by atoms with E-state index < -0.39 is 49.1 Å². The highest BCUT2D eigenvalue weighted by atomic mass is 32.2. The normalized spacial score (nSPS) is 11.7. The van der Waals surface area contributed by atoms with Gasteiger partial charge in [0, 0.05) is 22.6 Å². The van der Waals surface area contributed by atoms with Gasteiger partial charge in [-0.3, -0.25) is 14.6 Å². The van der Waals surface area contributed by atoms with Crippen LogP contribution in [0.15, 0.2) is 52.4 Å². The molecular formula is C29H30F6N4O4S. The predicted molar refractivity (Wildman–Crippen MR) is 156 cm³/mol. The molecule has 0 saturated heterocycles. The maximum atomic E-state index is 14.3. The first-order chi connectivity index (χ1) is 20.8. The Bertz CT molecular complexity index is 1440. The van der Waals surface area contributed by atoms with Crippen LogP contribution in [-0.2, 0) is 4.79 Å². The van der Waals surface area contributed by atoms with E-state index >= 15 is 0 Å². The van der Waals surface area contributed by atoms with Crippen molar-refractivity contribution in [3.05, 3.63) is 65.1 Å². The molecule has 2 amide bonds. The minimum absolute atomic E-state index is 0.0537. The number of halogens is 6. The van der Waals surface area contributed by atoms with Gasteiger partial charge in [0.2, 0.25) is 6.41 Å². The minimum atomic E-state index is -4.85. The lowest BCUT2D eigenvalue weighted by molar-refractivity contribution is -0.149. The summed E-state index contributed by atoms with van der Waals surface area (Å²) in [5, 5.41) is 2.31. The van der Waals surface area contributed by atoms with Crippen molar-refractivity contribution in [3.63, 3.8) is 0 Å². The van der Waals surface area contributed by atoms with Crippen molar-refractivity contribution in [1.29, 1.82) is 0 Å². The van der Waals surface area contributed by atoms with E-state index in [1.54, 1.807) is 0 Å². The van der Waals surface area contributed by atoms with Gasteiger partial charge in [-0.25, -0.2) is 18.2 Å². The molecule has 0 radical (unpaired) electrons. The minimum Gasteiger partial charge on any atom is -0.494 e. The van der Waals surface area contributed by atoms with Gasteiger partial charge in [-0.2, -0.15) is 13.2 Å². The maximum absolute atomic E-state index is 14.3. The van der Waals surface area contributed by atoms with E-state index in [0.717, 1.165) is 18.2 Å². The number of hydrogen-bond donors (Lipinski definition) is 2. The highest BCUT2D eigenvalue weighted by Gasteiger charge is 2.42. The molecule has 15 heteroatoms. The third-order valence-electron chi connectivity index (χ3n) is 5.85. The van der Waals surface area contributed by atoms with Crippen LogP contribution in [0.25, 0.3) is 11.3 Å². The van der Waals surface area contributed by atoms with Gasteiger partial charge in [0.1, 0.15) is 41.2 Å². The van der Waals surface area contributed by atoms with Gasteiger partial charge in [-0.1, -0.05) is 6.92 Å². The van der Waals surface area contributed by atoms with Gasteiger partial charge in [-0.15, -0.1) is 11.8 Å². The summed E-state index contributed by atoms with van der Waals surface area (Å²) < 4.78 is 92.6. The molecule has 1 aromatic heterocycles. The topological polar surface area (TPSA) is 116 Å². The van der Waals surface area contributed by atoms with Gasteiger partial charge in [-0.05, 0) is 67.4 Å². The molecule has 238 valence electrons. The molecule has 1 atom stereocenters. The highest BCUT2D eigenvalue weighted by molar-refractivity contribution is 7.99. The van der Waals surface area contributed by atoms with Crippen molar-refractivity contribution < 1.29 is 45.4 Å². The zero-order valence-electron chi connectivity index (χ0n) is 23.9. The Morgan fingerprint density at radius 2 is 1.84 bits per heavy atom. The van der Waals surface area contributed by atoms with E-state index in [2.05, 4.69) is 27.7 Å². The highest BCUT2D eigenvalue weighted by Crippen LogP contribution is 2.40. The number of alkyl halides is 5. The van der Waals surface area contributed by atoms with Crippen LogP contribution in [0.1, 0.15) is 34.5 Å². The predicted octanol–water partition coefficient (Wildman–Crippen LogP) is 6.47. The number of rotatable bonds is 12. The molecule has 0 aliphatic rings. The Balaban J connectivity index is 0.00000216. The Morgan fingerprint density at radius 1 is 1.20 bits per heavy atom. The quantitative estimate of drug-likeness (QED) is 0.101. The summed E-state index contributed by atoms with van der Waals surface area (Å²) in [6.45, 7) is 4.87. The van der Waals surface area contributed by atoms with Gasteiger partial charge in [0.25, 0.3) is 12.3 Å². The van der Waals surface area contributed by atoms with E-state index in [1.165, 1.54) is 50.1 Å². The smallest absolute Gasteiger partial charge is 0.398 e. The average molecular weight is 645 g/mol. The zero-order chi connectivity index (χ0) is 33.0. The Morgan fingerprint density at radius 3 is 2.36 bits per heavy atom. The van der Waals surface area contributed by atoms with Crippen LogP contribution in [0, 0.1) is 12.7 Å². The summed E-state index contributed by atoms with van der Waals surface area (Å²) in [7, 11) is 1.37. The number of thioether (sulfide) groups is 1. The van der Waals surface area contributed by atoms with Crippen LogP contribution in [0.5, 0.6) is 11.5 Å². The molecule has 0 aliphatic carbocycles. The van der Waals surface area contributed by atoms with Crippen LogP contribution in [0.3, 0.4) is 0 Å². The van der Waals surface area contributed by atoms with Crippen LogP contribution < -0.4 is 20.5 Å². The number of aryl methyl sites for hydroxylation is 1. The second-order valence-electron chi connectivity index (χ2n) is 8.81. The maximum Gasteiger partial charge on any atom is 0.398 e. The number of hydrogen-bond acceptors (Lipinski definition) is 7. The second kappa shape index (κ2) is 16.5. The van der Waals surface area contributed by atoms with Crippen molar-refractivity contribution in [3.8, 4) is 22.8 Å². The first kappa shape index (κ1) is 35.9. The summed E-state index contributed by atoms with van der Waals surface area (Å²) in [6, 6.07) is 8.53. The largest absolute Gasteiger partial charge is 0.494 e. The number of nitrogens with two attached hydrogens (primary N) is 1. The standard InChI is InChI=1S/C28H27F6N3O3S.CH3NO/c1-5-41-22-12-17(11-21(39-4)25(22)35-3)27(38)36-13-19(28(32,33)34)20-10-15(2)26(40-14-23(30)31)24(37-20)16-6-8-18(29)9-7-16;2-1-3/h6-12,19,23H,3,5,13-14H2,1-2,4H3,(H,36,38);1H,(H2,2,3). The molecule has 1 heterocycles. The lowest BCUT2D eigenvalue weighted by Crippen LogP contribution is -2.35. The number of ether oxygens (including phenoxy) is 2. The number of aliphatic imine (C=N–C) groups is 1. The molecule has 3 N–H and O–H groups in total. The monoisotopic (exact) mass is 644 g/mol. The van der Waals surface area contributed by atoms with Gasteiger partial charge in [0.15, 0.2) is 0 Å². The van der Waals surface area contributed by atoms with Crippen LogP contribution >= 0.6 is 11.8 Å². The summed E-state index contributed by atoms with van der Waals surface area (Å²) in [6.07, 6.45) is -7.45. The van der Waals surface area contributed by atoms with E-state index in [-0.39, 0.29) is 40.3 Å². The number of amides is 2. The summed E-state index contributed by atoms with van der Waals surface area (Å²) >= 11 is 1.36. The number of methoxy groups -OCH3 is 1. The van der Waals surface area contributed by atoms with Gasteiger partial charge < -0.3 is 20.5 Å². The number of carbonyl (C=O) groups excluding carboxylic acids is 2. The number of pyridine rings is 1. The molecule has 0 aliphatic heterocycles. The number of benzene rings is 2. The molecule has 3 rings (SSSR count). The molecular weight excluding hydrogens is 614 g/mol. The molecule has 0 spiro atoms. The lowest BCUT2D eigenvalue weighted by Gasteiger charge is -2.23. The first-order valence-electron chi connectivity index (χ1n) is 12.8. The van der Waals surface area contributed by atoms with Crippen molar-refractivity contribution in [2.75, 3.05) is 26.0 Å². The summed E-state index contributed by atoms with van der Waals surface area (Å²) in [4.78, 5) is 30.2. The lowest BCUT2D eigenvalue weighted by atomic mass is 9.99. The summed E-state index contributed by atoms with van der Waals surface area (Å²) in [5.41, 5.74) is 4.25. The van der Waals surface area contributed by atoms with Crippen molar-refractivity contribution >= 4 is 36.5 Å². The fraction of sp³-hybridized carbons (Fsp3) is 0.310. The Kier molecular flexibility index (Phi) is 13.5. The summed E-state index contributed by atoms with van der Waals surface area (Å²) in [5.74, 6) is -2.97. The fourth-order valence-electron chi connectivity index (χ4n) is 3.97. The van der Waals surface area contributed by atoms with Crippen LogP contribution in [0.2, 0.25) is 0 Å². The van der Waals surface area contributed by atoms with Crippen molar-refractivity contribution in [2.45, 2.75) is 37.3 Å². The number of aromatic nitrogens is 1. The van der Waals surface area contributed by atoms with E-state index in [9.17, 15) is 31.1 Å². The van der Waals surface area contributed by atoms with E-state index in [0.29, 0.717) is 16.3 Å². The number of nitrogens with one attached hydrogen (secondary N) is 1. The molecule has 1 unspecified atom stereocenters. The van der Waals surface area contributed by atoms with E-state index in [4.69, 9.17) is 14.3 Å². The third kappa shape index (κ3) is 9.62. The second-order valence-corrected chi connectivity index (χ2v) is 10.1. The fourth-order valence-corrected chi connectivity index (χ4v) is 4.80. The molecule has 44 heavy (non-hydrogen) atoms. The molecule has 8 nitrogen and oxygen atoms in total. The molecule has 0 bridgehead atoms. The molecule has 0 saturated carbocycles. The average Bonchev–Trinajstić information content (AvgIpc) is 2.96. The molecule has 2 aromatic carbocycles. The first-order valence-corrected chi connectivity index (χ1v) is 13.8. The van der Waals surface area contributed by atoms with Gasteiger partial charge in [0.05, 0.1) is 12.8 Å². The van der Waals surface area contributed by atoms with Crippen molar-refractivity contribution in [2.24, 2.45) is 10.7 Å². The van der Waals surface area contributed by atoms with Gasteiger partial charge >= 0.3 is 6.18 Å². The molecule has 0 fully saturated rings. The molecule has 3 aromatic rings. The SMILES string of the molecule is C=Nc1c(OC)cc(C(=O)NCC(c2cc(C)c(OCC(F)F)c(-c3ccc(F)cc3)n2)C(F)(F)F)cc1SCC.NC=O. The zero-order valence-corrected chi connectivity index (χ0v) is 24.7. The number of carbonyl (C=O) groups is 2. The number of primary amides is 1.